The largest absolute Gasteiger partial charge is 0.316 e. The van der Waals surface area contributed by atoms with Gasteiger partial charge in [-0.15, -0.1) is 12.4 Å². The summed E-state index contributed by atoms with van der Waals surface area (Å²) in [7, 11) is 0. The van der Waals surface area contributed by atoms with Crippen LogP contribution in [0.2, 0.25) is 0 Å². The molecule has 0 aromatic heterocycles. The second-order valence-corrected chi connectivity index (χ2v) is 4.83. The molecule has 1 fully saturated rings. The van der Waals surface area contributed by atoms with E-state index in [1.165, 1.54) is 18.4 Å². The zero-order valence-electron chi connectivity index (χ0n) is 9.26. The van der Waals surface area contributed by atoms with Crippen molar-refractivity contribution < 1.29 is 4.39 Å². The van der Waals surface area contributed by atoms with E-state index in [1.54, 1.807) is 6.07 Å². The minimum absolute atomic E-state index is 0. The van der Waals surface area contributed by atoms with Gasteiger partial charge >= 0.3 is 0 Å². The quantitative estimate of drug-likeness (QED) is 0.737. The summed E-state index contributed by atoms with van der Waals surface area (Å²) < 4.78 is 13.6. The Morgan fingerprint density at radius 1 is 1.25 bits per heavy atom. The zero-order chi connectivity index (χ0) is 10.3. The van der Waals surface area contributed by atoms with Gasteiger partial charge in [-0.05, 0) is 49.4 Å². The van der Waals surface area contributed by atoms with Crippen molar-refractivity contribution in [1.29, 1.82) is 0 Å². The maximum atomic E-state index is 13.6. The van der Waals surface area contributed by atoms with E-state index in [0.717, 1.165) is 31.5 Å². The summed E-state index contributed by atoms with van der Waals surface area (Å²) in [4.78, 5) is 0. The molecule has 1 aliphatic carbocycles. The third-order valence-electron chi connectivity index (χ3n) is 4.02. The first-order chi connectivity index (χ1) is 7.32. The molecule has 2 aliphatic rings. The maximum absolute atomic E-state index is 13.6. The minimum atomic E-state index is -0.00468. The Bertz CT molecular complexity index is 386. The number of nitrogens with one attached hydrogen (secondary N) is 1. The fourth-order valence-corrected chi connectivity index (χ4v) is 3.22. The molecule has 0 saturated carbocycles. The molecule has 88 valence electrons. The number of halogens is 2. The summed E-state index contributed by atoms with van der Waals surface area (Å²) in [6.07, 6.45) is 4.48. The average molecular weight is 242 g/mol. The van der Waals surface area contributed by atoms with Crippen LogP contribution in [0.1, 0.15) is 30.4 Å². The zero-order valence-corrected chi connectivity index (χ0v) is 10.1. The highest BCUT2D eigenvalue weighted by Crippen LogP contribution is 2.43. The van der Waals surface area contributed by atoms with Crippen LogP contribution in [-0.4, -0.2) is 13.1 Å². The van der Waals surface area contributed by atoms with Crippen LogP contribution in [-0.2, 0) is 11.8 Å². The predicted molar refractivity (Wildman–Crippen MR) is 65.8 cm³/mol. The van der Waals surface area contributed by atoms with Crippen LogP contribution in [0.5, 0.6) is 0 Å². The monoisotopic (exact) mass is 241 g/mol. The molecule has 1 saturated heterocycles. The highest BCUT2D eigenvalue weighted by atomic mass is 35.5. The molecule has 1 spiro atoms. The Labute approximate surface area is 102 Å². The van der Waals surface area contributed by atoms with Crippen molar-refractivity contribution in [2.45, 2.75) is 31.1 Å². The van der Waals surface area contributed by atoms with Crippen molar-refractivity contribution in [3.05, 3.63) is 35.1 Å². The Morgan fingerprint density at radius 3 is 2.88 bits per heavy atom. The third-order valence-corrected chi connectivity index (χ3v) is 4.02. The lowest BCUT2D eigenvalue weighted by atomic mass is 9.76. The van der Waals surface area contributed by atoms with Gasteiger partial charge < -0.3 is 5.32 Å². The second-order valence-electron chi connectivity index (χ2n) is 4.83. The van der Waals surface area contributed by atoms with E-state index in [4.69, 9.17) is 0 Å². The highest BCUT2D eigenvalue weighted by Gasteiger charge is 2.40. The van der Waals surface area contributed by atoms with Crippen LogP contribution >= 0.6 is 12.4 Å². The average Bonchev–Trinajstić information content (AvgIpc) is 2.61. The van der Waals surface area contributed by atoms with E-state index < -0.39 is 0 Å². The van der Waals surface area contributed by atoms with Crippen molar-refractivity contribution in [2.24, 2.45) is 0 Å². The van der Waals surface area contributed by atoms with E-state index in [-0.39, 0.29) is 23.6 Å². The minimum Gasteiger partial charge on any atom is -0.316 e. The van der Waals surface area contributed by atoms with E-state index in [1.807, 2.05) is 6.07 Å². The van der Waals surface area contributed by atoms with E-state index >= 15 is 0 Å². The lowest BCUT2D eigenvalue weighted by Crippen LogP contribution is -2.41. The van der Waals surface area contributed by atoms with Gasteiger partial charge in [0.05, 0.1) is 0 Å². The molecule has 0 radical (unpaired) electrons. The first kappa shape index (κ1) is 11.9. The number of hydrogen-bond donors (Lipinski definition) is 1. The van der Waals surface area contributed by atoms with Gasteiger partial charge in [-0.25, -0.2) is 4.39 Å². The van der Waals surface area contributed by atoms with E-state index in [9.17, 15) is 4.39 Å². The number of hydrogen-bond acceptors (Lipinski definition) is 1. The number of fused-ring (bicyclic) bond motifs is 2. The molecule has 1 nitrogen and oxygen atoms in total. The van der Waals surface area contributed by atoms with Crippen LogP contribution in [0.15, 0.2) is 18.2 Å². The highest BCUT2D eigenvalue weighted by molar-refractivity contribution is 5.85. The van der Waals surface area contributed by atoms with Gasteiger partial charge in [-0.2, -0.15) is 0 Å². The van der Waals surface area contributed by atoms with Gasteiger partial charge in [-0.1, -0.05) is 12.1 Å². The number of rotatable bonds is 0. The SMILES string of the molecule is Cl.Fc1cccc2c1CCC21CCCNC1. The standard InChI is InChI=1S/C13H16FN.ClH/c14-12-4-1-3-11-10(12)5-7-13(11)6-2-8-15-9-13;/h1,3-4,15H,2,5-9H2;1H. The van der Waals surface area contributed by atoms with Crippen molar-refractivity contribution in [2.75, 3.05) is 13.1 Å². The summed E-state index contributed by atoms with van der Waals surface area (Å²) in [5.74, 6) is -0.00468. The van der Waals surface area contributed by atoms with Crippen molar-refractivity contribution >= 4 is 12.4 Å². The molecule has 1 aromatic rings. The Morgan fingerprint density at radius 2 is 2.12 bits per heavy atom. The molecule has 1 N–H and O–H groups in total. The van der Waals surface area contributed by atoms with Gasteiger partial charge in [0.25, 0.3) is 0 Å². The molecule has 3 heteroatoms. The predicted octanol–water partition coefficient (Wildman–Crippen LogP) is 2.81. The number of piperidine rings is 1. The maximum Gasteiger partial charge on any atom is 0.126 e. The molecule has 0 bridgehead atoms. The van der Waals surface area contributed by atoms with Crippen LogP contribution in [0.3, 0.4) is 0 Å². The fraction of sp³-hybridized carbons (Fsp3) is 0.538. The van der Waals surface area contributed by atoms with Gasteiger partial charge in [0.15, 0.2) is 0 Å². The smallest absolute Gasteiger partial charge is 0.126 e. The van der Waals surface area contributed by atoms with Crippen LogP contribution in [0.4, 0.5) is 4.39 Å². The second kappa shape index (κ2) is 4.34. The molecule has 1 atom stereocenters. The molecule has 16 heavy (non-hydrogen) atoms. The van der Waals surface area contributed by atoms with Gasteiger partial charge in [0.1, 0.15) is 5.82 Å². The van der Waals surface area contributed by atoms with Crippen molar-refractivity contribution in [3.8, 4) is 0 Å². The van der Waals surface area contributed by atoms with Gasteiger partial charge in [0, 0.05) is 12.0 Å². The normalized spacial score (nSPS) is 27.6. The van der Waals surface area contributed by atoms with Gasteiger partial charge in [-0.3, -0.25) is 0 Å². The molecular formula is C13H17ClFN. The molecular weight excluding hydrogens is 225 g/mol. The summed E-state index contributed by atoms with van der Waals surface area (Å²) >= 11 is 0. The molecule has 1 unspecified atom stereocenters. The van der Waals surface area contributed by atoms with Gasteiger partial charge in [0.2, 0.25) is 0 Å². The van der Waals surface area contributed by atoms with Crippen LogP contribution in [0, 0.1) is 5.82 Å². The van der Waals surface area contributed by atoms with Crippen LogP contribution < -0.4 is 5.32 Å². The Hall–Kier alpha value is -0.600. The Balaban J connectivity index is 0.000000963. The van der Waals surface area contributed by atoms with Crippen molar-refractivity contribution in [1.82, 2.24) is 5.32 Å². The molecule has 0 amide bonds. The fourth-order valence-electron chi connectivity index (χ4n) is 3.22. The molecule has 1 heterocycles. The van der Waals surface area contributed by atoms with Crippen LogP contribution in [0.25, 0.3) is 0 Å². The van der Waals surface area contributed by atoms with E-state index in [2.05, 4.69) is 11.4 Å². The summed E-state index contributed by atoms with van der Waals surface area (Å²) in [6, 6.07) is 5.57. The summed E-state index contributed by atoms with van der Waals surface area (Å²) in [6.45, 7) is 2.15. The topological polar surface area (TPSA) is 12.0 Å². The van der Waals surface area contributed by atoms with E-state index in [0.29, 0.717) is 0 Å². The lowest BCUT2D eigenvalue weighted by Gasteiger charge is -2.35. The number of benzene rings is 1. The molecule has 1 aromatic carbocycles. The summed E-state index contributed by atoms with van der Waals surface area (Å²) in [5.41, 5.74) is 2.49. The lowest BCUT2D eigenvalue weighted by molar-refractivity contribution is 0.311. The molecule has 1 aliphatic heterocycles. The third kappa shape index (κ3) is 1.64. The first-order valence-corrected chi connectivity index (χ1v) is 5.80. The summed E-state index contributed by atoms with van der Waals surface area (Å²) in [5, 5.41) is 3.46. The van der Waals surface area contributed by atoms with Crippen molar-refractivity contribution in [3.63, 3.8) is 0 Å². The Kier molecular flexibility index (Phi) is 3.22. The first-order valence-electron chi connectivity index (χ1n) is 5.80. The molecule has 3 rings (SSSR count).